The highest BCUT2D eigenvalue weighted by molar-refractivity contribution is 9.10. The monoisotopic (exact) mass is 350 g/mol. The highest BCUT2D eigenvalue weighted by Crippen LogP contribution is 2.36. The number of anilines is 1. The summed E-state index contributed by atoms with van der Waals surface area (Å²) in [6, 6.07) is 3.24. The Hall–Kier alpha value is -1.08. The first kappa shape index (κ1) is 15.3. The van der Waals surface area contributed by atoms with Crippen molar-refractivity contribution >= 4 is 27.5 Å². The maximum Gasteiger partial charge on any atom is 0.418 e. The normalized spacial score (nSPS) is 22.9. The molecule has 1 aliphatic rings. The summed E-state index contributed by atoms with van der Waals surface area (Å²) in [5.41, 5.74) is -1.07. The van der Waals surface area contributed by atoms with Crippen molar-refractivity contribution in [3.05, 3.63) is 28.2 Å². The molecule has 2 rings (SSSR count). The summed E-state index contributed by atoms with van der Waals surface area (Å²) >= 11 is 3.01. The van der Waals surface area contributed by atoms with Gasteiger partial charge in [0.25, 0.3) is 0 Å². The van der Waals surface area contributed by atoms with Crippen LogP contribution in [0.2, 0.25) is 0 Å². The molecule has 1 heterocycles. The van der Waals surface area contributed by atoms with Crippen molar-refractivity contribution < 1.29 is 18.0 Å². The zero-order valence-corrected chi connectivity index (χ0v) is 12.3. The predicted molar refractivity (Wildman–Crippen MR) is 73.3 cm³/mol. The molecule has 2 atom stereocenters. The van der Waals surface area contributed by atoms with E-state index in [-0.39, 0.29) is 11.6 Å². The minimum atomic E-state index is -4.51. The van der Waals surface area contributed by atoms with E-state index in [1.54, 1.807) is 0 Å². The van der Waals surface area contributed by atoms with Gasteiger partial charge >= 0.3 is 6.18 Å². The number of halogens is 4. The van der Waals surface area contributed by atoms with E-state index in [1.807, 2.05) is 6.92 Å². The van der Waals surface area contributed by atoms with E-state index in [9.17, 15) is 18.0 Å². The number of hydrogen-bond acceptors (Lipinski definition) is 2. The topological polar surface area (TPSA) is 41.1 Å². The van der Waals surface area contributed by atoms with Gasteiger partial charge in [0.1, 0.15) is 0 Å². The molecule has 1 aromatic rings. The molecule has 1 fully saturated rings. The Bertz CT molecular complexity index is 519. The van der Waals surface area contributed by atoms with Crippen LogP contribution in [0.5, 0.6) is 0 Å². The third-order valence-corrected chi connectivity index (χ3v) is 3.85. The van der Waals surface area contributed by atoms with E-state index in [1.165, 1.54) is 12.1 Å². The van der Waals surface area contributed by atoms with Crippen LogP contribution in [0.4, 0.5) is 18.9 Å². The van der Waals surface area contributed by atoms with E-state index >= 15 is 0 Å². The molecule has 0 bridgehead atoms. The predicted octanol–water partition coefficient (Wildman–Crippen LogP) is 3.40. The van der Waals surface area contributed by atoms with Crippen molar-refractivity contribution in [3.8, 4) is 0 Å². The molecule has 1 aromatic carbocycles. The highest BCUT2D eigenvalue weighted by Gasteiger charge is 2.35. The summed E-state index contributed by atoms with van der Waals surface area (Å²) in [6.45, 7) is 2.60. The van der Waals surface area contributed by atoms with Crippen LogP contribution in [0.15, 0.2) is 22.7 Å². The molecule has 2 N–H and O–H groups in total. The minimum Gasteiger partial charge on any atom is -0.324 e. The molecule has 0 radical (unpaired) electrons. The van der Waals surface area contributed by atoms with E-state index in [0.29, 0.717) is 11.0 Å². The number of amides is 1. The van der Waals surface area contributed by atoms with Gasteiger partial charge in [-0.1, -0.05) is 22.9 Å². The van der Waals surface area contributed by atoms with Gasteiger partial charge in [-0.2, -0.15) is 13.2 Å². The smallest absolute Gasteiger partial charge is 0.324 e. The lowest BCUT2D eigenvalue weighted by molar-refractivity contribution is -0.137. The Morgan fingerprint density at radius 1 is 1.45 bits per heavy atom. The number of carbonyl (C=O) groups excluding carboxylic acids is 1. The molecule has 0 aromatic heterocycles. The number of benzene rings is 1. The molecule has 2 unspecified atom stereocenters. The van der Waals surface area contributed by atoms with E-state index in [2.05, 4.69) is 26.6 Å². The van der Waals surface area contributed by atoms with Crippen molar-refractivity contribution in [2.24, 2.45) is 5.92 Å². The lowest BCUT2D eigenvalue weighted by Gasteiger charge is -2.18. The molecule has 1 amide bonds. The molecule has 3 nitrogen and oxygen atoms in total. The van der Waals surface area contributed by atoms with Crippen LogP contribution in [0.25, 0.3) is 0 Å². The van der Waals surface area contributed by atoms with Gasteiger partial charge in [-0.15, -0.1) is 0 Å². The molecule has 20 heavy (non-hydrogen) atoms. The largest absolute Gasteiger partial charge is 0.418 e. The summed E-state index contributed by atoms with van der Waals surface area (Å²) in [5, 5.41) is 5.37. The first-order chi connectivity index (χ1) is 9.29. The van der Waals surface area contributed by atoms with Crippen LogP contribution in [-0.4, -0.2) is 18.5 Å². The first-order valence-corrected chi connectivity index (χ1v) is 6.99. The fourth-order valence-electron chi connectivity index (χ4n) is 2.26. The second kappa shape index (κ2) is 5.73. The molecule has 110 valence electrons. The van der Waals surface area contributed by atoms with Gasteiger partial charge in [0.2, 0.25) is 5.91 Å². The number of nitrogens with one attached hydrogen (secondary N) is 2. The fraction of sp³-hybridized carbons (Fsp3) is 0.462. The SMILES string of the molecule is CC1CCNC1C(=O)Nc1ccc(Br)cc1C(F)(F)F. The van der Waals surface area contributed by atoms with Crippen LogP contribution in [0.3, 0.4) is 0 Å². The quantitative estimate of drug-likeness (QED) is 0.858. The van der Waals surface area contributed by atoms with Crippen LogP contribution in [0, 0.1) is 5.92 Å². The Morgan fingerprint density at radius 3 is 2.70 bits per heavy atom. The van der Waals surface area contributed by atoms with Crippen LogP contribution < -0.4 is 10.6 Å². The second-order valence-corrected chi connectivity index (χ2v) is 5.79. The zero-order valence-electron chi connectivity index (χ0n) is 10.7. The number of hydrogen-bond donors (Lipinski definition) is 2. The van der Waals surface area contributed by atoms with Gasteiger partial charge in [0.05, 0.1) is 17.3 Å². The van der Waals surface area contributed by atoms with E-state index in [4.69, 9.17) is 0 Å². The molecule has 1 saturated heterocycles. The van der Waals surface area contributed by atoms with Crippen molar-refractivity contribution in [2.75, 3.05) is 11.9 Å². The standard InChI is InChI=1S/C13H14BrF3N2O/c1-7-4-5-18-11(7)12(20)19-10-3-2-8(14)6-9(10)13(15,16)17/h2-3,6-7,11,18H,4-5H2,1H3,(H,19,20). The highest BCUT2D eigenvalue weighted by atomic mass is 79.9. The number of carbonyl (C=O) groups is 1. The van der Waals surface area contributed by atoms with E-state index in [0.717, 1.165) is 12.5 Å². The van der Waals surface area contributed by atoms with Crippen molar-refractivity contribution in [1.82, 2.24) is 5.32 Å². The van der Waals surface area contributed by atoms with Crippen molar-refractivity contribution in [3.63, 3.8) is 0 Å². The van der Waals surface area contributed by atoms with Crippen LogP contribution >= 0.6 is 15.9 Å². The summed E-state index contributed by atoms with van der Waals surface area (Å²) in [5.74, 6) is -0.317. The van der Waals surface area contributed by atoms with Gasteiger partial charge in [-0.3, -0.25) is 4.79 Å². The summed E-state index contributed by atoms with van der Waals surface area (Å²) < 4.78 is 39.1. The maximum atomic E-state index is 12.9. The van der Waals surface area contributed by atoms with Gasteiger partial charge in [0.15, 0.2) is 0 Å². The second-order valence-electron chi connectivity index (χ2n) is 4.87. The lowest BCUT2D eigenvalue weighted by Crippen LogP contribution is -2.39. The number of rotatable bonds is 2. The van der Waals surface area contributed by atoms with Crippen molar-refractivity contribution in [1.29, 1.82) is 0 Å². The molecule has 7 heteroatoms. The molecule has 1 aliphatic heterocycles. The molecular formula is C13H14BrF3N2O. The summed E-state index contributed by atoms with van der Waals surface area (Å²) in [7, 11) is 0. The molecular weight excluding hydrogens is 337 g/mol. The number of alkyl halides is 3. The Balaban J connectivity index is 2.23. The van der Waals surface area contributed by atoms with Gasteiger partial charge in [-0.25, -0.2) is 0 Å². The maximum absolute atomic E-state index is 12.9. The molecule has 0 aliphatic carbocycles. The third kappa shape index (κ3) is 3.32. The van der Waals surface area contributed by atoms with Crippen molar-refractivity contribution in [2.45, 2.75) is 25.6 Å². The average molecular weight is 351 g/mol. The van der Waals surface area contributed by atoms with E-state index < -0.39 is 23.7 Å². The molecule has 0 spiro atoms. The van der Waals surface area contributed by atoms with Gasteiger partial charge in [0, 0.05) is 4.47 Å². The summed E-state index contributed by atoms with van der Waals surface area (Å²) in [6.07, 6.45) is -3.67. The van der Waals surface area contributed by atoms with Gasteiger partial charge < -0.3 is 10.6 Å². The lowest BCUT2D eigenvalue weighted by atomic mass is 10.0. The fourth-order valence-corrected chi connectivity index (χ4v) is 2.62. The minimum absolute atomic E-state index is 0.111. The van der Waals surface area contributed by atoms with Crippen LogP contribution in [-0.2, 0) is 11.0 Å². The first-order valence-electron chi connectivity index (χ1n) is 6.20. The van der Waals surface area contributed by atoms with Crippen LogP contribution in [0.1, 0.15) is 18.9 Å². The third-order valence-electron chi connectivity index (χ3n) is 3.36. The Morgan fingerprint density at radius 2 is 2.15 bits per heavy atom. The Labute approximate surface area is 123 Å². The average Bonchev–Trinajstić information content (AvgIpc) is 2.76. The van der Waals surface area contributed by atoms with Gasteiger partial charge in [-0.05, 0) is 37.1 Å². The molecule has 0 saturated carbocycles. The zero-order chi connectivity index (χ0) is 14.9. The summed E-state index contributed by atoms with van der Waals surface area (Å²) in [4.78, 5) is 12.0. The Kier molecular flexibility index (Phi) is 4.39.